The zero-order chi connectivity index (χ0) is 17.3. The maximum absolute atomic E-state index is 12.4. The van der Waals surface area contributed by atoms with Crippen molar-refractivity contribution in [2.24, 2.45) is 5.92 Å². The lowest BCUT2D eigenvalue weighted by molar-refractivity contribution is -0.141. The van der Waals surface area contributed by atoms with Crippen molar-refractivity contribution in [1.29, 1.82) is 0 Å². The Morgan fingerprint density at radius 3 is 2.67 bits per heavy atom. The molecule has 10 heteroatoms. The molecule has 2 aromatic heterocycles. The fourth-order valence-corrected chi connectivity index (χ4v) is 2.82. The second-order valence-corrected chi connectivity index (χ2v) is 5.86. The predicted octanol–water partition coefficient (Wildman–Crippen LogP) is 2.15. The summed E-state index contributed by atoms with van der Waals surface area (Å²) in [5, 5.41) is 23.4. The summed E-state index contributed by atoms with van der Waals surface area (Å²) in [5.41, 5.74) is -1.04. The summed E-state index contributed by atoms with van der Waals surface area (Å²) in [6.07, 6.45) is -3.92. The molecule has 2 aromatic rings. The molecule has 0 aromatic carbocycles. The van der Waals surface area contributed by atoms with Crippen molar-refractivity contribution in [2.75, 3.05) is 11.9 Å². The number of aromatic nitrogens is 4. The van der Waals surface area contributed by atoms with E-state index in [1.807, 2.05) is 0 Å². The highest BCUT2D eigenvalue weighted by Crippen LogP contribution is 2.37. The van der Waals surface area contributed by atoms with Crippen LogP contribution in [0.15, 0.2) is 16.7 Å². The number of alkyl halides is 3. The molecule has 1 fully saturated rings. The van der Waals surface area contributed by atoms with Crippen molar-refractivity contribution in [2.45, 2.75) is 38.0 Å². The maximum Gasteiger partial charge on any atom is 0.435 e. The molecular formula is C14H16F3N5O2. The molecule has 1 saturated carbocycles. The third kappa shape index (κ3) is 3.64. The molecule has 3 atom stereocenters. The van der Waals surface area contributed by atoms with Gasteiger partial charge in [0.15, 0.2) is 11.5 Å². The first-order chi connectivity index (χ1) is 11.3. The zero-order valence-electron chi connectivity index (χ0n) is 12.8. The van der Waals surface area contributed by atoms with Gasteiger partial charge in [-0.3, -0.25) is 0 Å². The first-order valence-corrected chi connectivity index (χ1v) is 7.46. The van der Waals surface area contributed by atoms with Crippen molar-refractivity contribution in [3.8, 4) is 0 Å². The number of hydrogen-bond acceptors (Lipinski definition) is 7. The molecule has 7 nitrogen and oxygen atoms in total. The minimum atomic E-state index is -4.51. The van der Waals surface area contributed by atoms with Gasteiger partial charge in [0.1, 0.15) is 5.82 Å². The van der Waals surface area contributed by atoms with Gasteiger partial charge < -0.3 is 14.9 Å². The van der Waals surface area contributed by atoms with Crippen molar-refractivity contribution < 1.29 is 22.8 Å². The number of rotatable bonds is 4. The summed E-state index contributed by atoms with van der Waals surface area (Å²) in [6, 6.07) is 2.08. The van der Waals surface area contributed by atoms with Crippen LogP contribution in [0.4, 0.5) is 19.0 Å². The molecule has 130 valence electrons. The molecule has 0 amide bonds. The molecule has 2 N–H and O–H groups in total. The number of aliphatic hydroxyl groups excluding tert-OH is 1. The van der Waals surface area contributed by atoms with E-state index in [1.165, 1.54) is 6.07 Å². The monoisotopic (exact) mass is 343 g/mol. The summed E-state index contributed by atoms with van der Waals surface area (Å²) in [4.78, 5) is 4.17. The van der Waals surface area contributed by atoms with E-state index < -0.39 is 18.0 Å². The molecule has 0 unspecified atom stereocenters. The van der Waals surface area contributed by atoms with Gasteiger partial charge in [-0.15, -0.1) is 10.2 Å². The normalized spacial score (nSPS) is 24.3. The smallest absolute Gasteiger partial charge is 0.393 e. The Balaban J connectivity index is 1.57. The molecule has 0 saturated heterocycles. The van der Waals surface area contributed by atoms with E-state index >= 15 is 0 Å². The minimum Gasteiger partial charge on any atom is -0.393 e. The SMILES string of the molecule is Cc1noc([C@H]2C[C@H](CNc3ccc(C(F)(F)F)nn3)[C@H](O)C2)n1. The van der Waals surface area contributed by atoms with E-state index in [4.69, 9.17) is 4.52 Å². The summed E-state index contributed by atoms with van der Waals surface area (Å²) in [5.74, 6) is 1.16. The Morgan fingerprint density at radius 1 is 1.29 bits per heavy atom. The van der Waals surface area contributed by atoms with Crippen LogP contribution in [-0.4, -0.2) is 38.1 Å². The topological polar surface area (TPSA) is 97.0 Å². The molecule has 1 aliphatic carbocycles. The summed E-state index contributed by atoms with van der Waals surface area (Å²) in [7, 11) is 0. The van der Waals surface area contributed by atoms with E-state index in [0.29, 0.717) is 31.1 Å². The molecule has 2 heterocycles. The standard InChI is InChI=1S/C14H16F3N5O2/c1-7-19-13(24-22-7)8-4-9(10(23)5-8)6-18-12-3-2-11(20-21-12)14(15,16)17/h2-3,8-10,23H,4-6H2,1H3,(H,18,21)/t8-,9+,10+/m0/s1. The van der Waals surface area contributed by atoms with Crippen LogP contribution in [0.3, 0.4) is 0 Å². The number of anilines is 1. The van der Waals surface area contributed by atoms with Crippen LogP contribution in [0.1, 0.15) is 36.2 Å². The van der Waals surface area contributed by atoms with Gasteiger partial charge in [0.25, 0.3) is 0 Å². The number of aliphatic hydroxyl groups is 1. The van der Waals surface area contributed by atoms with Crippen LogP contribution in [0.2, 0.25) is 0 Å². The number of halogens is 3. The molecule has 3 rings (SSSR count). The second-order valence-electron chi connectivity index (χ2n) is 5.86. The fraction of sp³-hybridized carbons (Fsp3) is 0.571. The van der Waals surface area contributed by atoms with Gasteiger partial charge in [0.2, 0.25) is 5.89 Å². The highest BCUT2D eigenvalue weighted by molar-refractivity contribution is 5.33. The van der Waals surface area contributed by atoms with Gasteiger partial charge in [-0.1, -0.05) is 5.16 Å². The van der Waals surface area contributed by atoms with Crippen molar-refractivity contribution in [1.82, 2.24) is 20.3 Å². The molecule has 1 aliphatic rings. The Morgan fingerprint density at radius 2 is 2.08 bits per heavy atom. The van der Waals surface area contributed by atoms with Gasteiger partial charge >= 0.3 is 6.18 Å². The average Bonchev–Trinajstić information content (AvgIpc) is 3.11. The highest BCUT2D eigenvalue weighted by atomic mass is 19.4. The largest absolute Gasteiger partial charge is 0.435 e. The molecular weight excluding hydrogens is 327 g/mol. The predicted molar refractivity (Wildman–Crippen MR) is 76.0 cm³/mol. The highest BCUT2D eigenvalue weighted by Gasteiger charge is 2.36. The van der Waals surface area contributed by atoms with Gasteiger partial charge in [0, 0.05) is 18.4 Å². The third-order valence-electron chi connectivity index (χ3n) is 4.05. The van der Waals surface area contributed by atoms with Crippen LogP contribution < -0.4 is 5.32 Å². The second kappa shape index (κ2) is 6.34. The van der Waals surface area contributed by atoms with Crippen LogP contribution in [0.5, 0.6) is 0 Å². The molecule has 0 spiro atoms. The van der Waals surface area contributed by atoms with Gasteiger partial charge in [-0.05, 0) is 31.9 Å². The molecule has 0 bridgehead atoms. The summed E-state index contributed by atoms with van der Waals surface area (Å²) < 4.78 is 42.4. The van der Waals surface area contributed by atoms with Gasteiger partial charge in [-0.25, -0.2) is 0 Å². The van der Waals surface area contributed by atoms with Crippen LogP contribution >= 0.6 is 0 Å². The van der Waals surface area contributed by atoms with E-state index in [-0.39, 0.29) is 17.7 Å². The van der Waals surface area contributed by atoms with Gasteiger partial charge in [-0.2, -0.15) is 18.2 Å². The first kappa shape index (κ1) is 16.6. The lowest BCUT2D eigenvalue weighted by atomic mass is 10.0. The quantitative estimate of drug-likeness (QED) is 0.878. The third-order valence-corrected chi connectivity index (χ3v) is 4.05. The Labute approximate surface area is 135 Å². The van der Waals surface area contributed by atoms with Crippen molar-refractivity contribution in [3.63, 3.8) is 0 Å². The van der Waals surface area contributed by atoms with Crippen LogP contribution in [0, 0.1) is 12.8 Å². The van der Waals surface area contributed by atoms with Gasteiger partial charge in [0.05, 0.1) is 6.10 Å². The van der Waals surface area contributed by atoms with Crippen LogP contribution in [-0.2, 0) is 6.18 Å². The number of nitrogens with one attached hydrogen (secondary N) is 1. The Hall–Kier alpha value is -2.23. The lowest BCUT2D eigenvalue weighted by Crippen LogP contribution is -2.22. The minimum absolute atomic E-state index is 0.0216. The number of aryl methyl sites for hydroxylation is 1. The van der Waals surface area contributed by atoms with E-state index in [9.17, 15) is 18.3 Å². The van der Waals surface area contributed by atoms with E-state index in [2.05, 4.69) is 25.7 Å². The molecule has 0 aliphatic heterocycles. The average molecular weight is 343 g/mol. The van der Waals surface area contributed by atoms with E-state index in [0.717, 1.165) is 6.07 Å². The number of nitrogens with zero attached hydrogens (tertiary/aromatic N) is 4. The Kier molecular flexibility index (Phi) is 4.39. The van der Waals surface area contributed by atoms with Crippen molar-refractivity contribution >= 4 is 5.82 Å². The Bertz CT molecular complexity index is 688. The zero-order valence-corrected chi connectivity index (χ0v) is 12.8. The van der Waals surface area contributed by atoms with E-state index in [1.54, 1.807) is 6.92 Å². The summed E-state index contributed by atoms with van der Waals surface area (Å²) in [6.45, 7) is 2.09. The lowest BCUT2D eigenvalue weighted by Gasteiger charge is -2.15. The summed E-state index contributed by atoms with van der Waals surface area (Å²) >= 11 is 0. The fourth-order valence-electron chi connectivity index (χ4n) is 2.82. The van der Waals surface area contributed by atoms with Crippen molar-refractivity contribution in [3.05, 3.63) is 29.5 Å². The first-order valence-electron chi connectivity index (χ1n) is 7.46. The van der Waals surface area contributed by atoms with Crippen LogP contribution in [0.25, 0.3) is 0 Å². The number of hydrogen-bond donors (Lipinski definition) is 2. The maximum atomic E-state index is 12.4. The molecule has 24 heavy (non-hydrogen) atoms. The molecule has 0 radical (unpaired) electrons.